The van der Waals surface area contributed by atoms with Crippen molar-refractivity contribution in [3.63, 3.8) is 0 Å². The van der Waals surface area contributed by atoms with E-state index >= 15 is 0 Å². The van der Waals surface area contributed by atoms with Crippen molar-refractivity contribution < 1.29 is 9.47 Å². The van der Waals surface area contributed by atoms with E-state index in [1.807, 2.05) is 26.0 Å². The van der Waals surface area contributed by atoms with E-state index in [1.54, 1.807) is 0 Å². The van der Waals surface area contributed by atoms with Gasteiger partial charge in [0.2, 0.25) is 0 Å². The highest BCUT2D eigenvalue weighted by atomic mass is 16.6. The smallest absolute Gasteiger partial charge is 0.163 e. The number of ether oxygens (including phenoxy) is 2. The lowest BCUT2D eigenvalue weighted by Gasteiger charge is -2.22. The number of rotatable bonds is 5. The SMILES string of the molecule is CCCCc1nc2cc3c(cc2n1CC(C)(C)N)OCCO3. The Bertz CT molecular complexity index is 671. The van der Waals surface area contributed by atoms with Gasteiger partial charge in [-0.2, -0.15) is 0 Å². The fourth-order valence-electron chi connectivity index (χ4n) is 2.82. The van der Waals surface area contributed by atoms with Gasteiger partial charge in [-0.15, -0.1) is 0 Å². The number of unbranched alkanes of at least 4 members (excludes halogenated alkanes) is 1. The van der Waals surface area contributed by atoms with Crippen LogP contribution >= 0.6 is 0 Å². The minimum Gasteiger partial charge on any atom is -0.486 e. The monoisotopic (exact) mass is 303 g/mol. The molecule has 0 saturated carbocycles. The molecule has 0 amide bonds. The summed E-state index contributed by atoms with van der Waals surface area (Å²) < 4.78 is 13.6. The lowest BCUT2D eigenvalue weighted by atomic mass is 10.1. The molecule has 5 heteroatoms. The number of imidazole rings is 1. The van der Waals surface area contributed by atoms with Gasteiger partial charge in [-0.05, 0) is 20.3 Å². The summed E-state index contributed by atoms with van der Waals surface area (Å²) >= 11 is 0. The van der Waals surface area contributed by atoms with Gasteiger partial charge < -0.3 is 19.8 Å². The molecule has 0 atom stereocenters. The van der Waals surface area contributed by atoms with Gasteiger partial charge in [0, 0.05) is 30.6 Å². The Labute approximate surface area is 131 Å². The van der Waals surface area contributed by atoms with E-state index in [1.165, 1.54) is 0 Å². The van der Waals surface area contributed by atoms with Crippen LogP contribution in [0.4, 0.5) is 0 Å². The second-order valence-corrected chi connectivity index (χ2v) is 6.69. The molecule has 0 unspecified atom stereocenters. The summed E-state index contributed by atoms with van der Waals surface area (Å²) in [7, 11) is 0. The average molecular weight is 303 g/mol. The number of aryl methyl sites for hydroxylation is 1. The van der Waals surface area contributed by atoms with Crippen LogP contribution < -0.4 is 15.2 Å². The van der Waals surface area contributed by atoms with Crippen LogP contribution in [0.1, 0.15) is 39.4 Å². The third kappa shape index (κ3) is 3.04. The molecule has 1 aliphatic rings. The zero-order valence-electron chi connectivity index (χ0n) is 13.7. The number of benzene rings is 1. The van der Waals surface area contributed by atoms with Gasteiger partial charge in [0.1, 0.15) is 19.0 Å². The highest BCUT2D eigenvalue weighted by Gasteiger charge is 2.21. The molecule has 0 radical (unpaired) electrons. The van der Waals surface area contributed by atoms with Crippen LogP contribution in [0.15, 0.2) is 12.1 Å². The quantitative estimate of drug-likeness (QED) is 0.922. The van der Waals surface area contributed by atoms with Crippen LogP contribution in [0.25, 0.3) is 11.0 Å². The van der Waals surface area contributed by atoms with Gasteiger partial charge in [-0.1, -0.05) is 13.3 Å². The fraction of sp³-hybridized carbons (Fsp3) is 0.588. The van der Waals surface area contributed by atoms with Crippen LogP contribution in [0.5, 0.6) is 11.5 Å². The van der Waals surface area contributed by atoms with Crippen molar-refractivity contribution in [2.24, 2.45) is 5.73 Å². The largest absolute Gasteiger partial charge is 0.486 e. The maximum Gasteiger partial charge on any atom is 0.163 e. The van der Waals surface area contributed by atoms with E-state index < -0.39 is 0 Å². The van der Waals surface area contributed by atoms with Gasteiger partial charge in [-0.3, -0.25) is 0 Å². The first kappa shape index (κ1) is 15.2. The second kappa shape index (κ2) is 5.80. The molecule has 0 saturated heterocycles. The van der Waals surface area contributed by atoms with E-state index in [0.717, 1.165) is 54.2 Å². The van der Waals surface area contributed by atoms with Crippen molar-refractivity contribution in [2.75, 3.05) is 13.2 Å². The Morgan fingerprint density at radius 3 is 2.55 bits per heavy atom. The Morgan fingerprint density at radius 2 is 1.91 bits per heavy atom. The Hall–Kier alpha value is -1.75. The first-order valence-corrected chi connectivity index (χ1v) is 8.05. The van der Waals surface area contributed by atoms with Crippen molar-refractivity contribution in [3.05, 3.63) is 18.0 Å². The van der Waals surface area contributed by atoms with Crippen molar-refractivity contribution in [3.8, 4) is 11.5 Å². The van der Waals surface area contributed by atoms with Crippen LogP contribution in [-0.2, 0) is 13.0 Å². The lowest BCUT2D eigenvalue weighted by Crippen LogP contribution is -2.37. The molecular weight excluding hydrogens is 278 g/mol. The predicted octanol–water partition coefficient (Wildman–Crippen LogP) is 2.89. The highest BCUT2D eigenvalue weighted by Crippen LogP contribution is 2.35. The molecule has 2 aromatic rings. The first-order valence-electron chi connectivity index (χ1n) is 8.05. The van der Waals surface area contributed by atoms with Crippen LogP contribution in [0.3, 0.4) is 0 Å². The summed E-state index contributed by atoms with van der Waals surface area (Å²) in [6.07, 6.45) is 3.24. The Morgan fingerprint density at radius 1 is 1.23 bits per heavy atom. The third-order valence-electron chi connectivity index (χ3n) is 3.81. The second-order valence-electron chi connectivity index (χ2n) is 6.69. The number of nitrogens with zero attached hydrogens (tertiary/aromatic N) is 2. The van der Waals surface area contributed by atoms with E-state index in [-0.39, 0.29) is 5.54 Å². The van der Waals surface area contributed by atoms with Gasteiger partial charge in [0.05, 0.1) is 11.0 Å². The highest BCUT2D eigenvalue weighted by molar-refractivity contribution is 5.81. The average Bonchev–Trinajstić information content (AvgIpc) is 2.78. The fourth-order valence-corrected chi connectivity index (χ4v) is 2.82. The van der Waals surface area contributed by atoms with Crippen LogP contribution in [0.2, 0.25) is 0 Å². The number of aromatic nitrogens is 2. The van der Waals surface area contributed by atoms with Crippen molar-refractivity contribution in [1.82, 2.24) is 9.55 Å². The molecule has 0 bridgehead atoms. The zero-order valence-corrected chi connectivity index (χ0v) is 13.7. The lowest BCUT2D eigenvalue weighted by molar-refractivity contribution is 0.172. The molecule has 1 aliphatic heterocycles. The van der Waals surface area contributed by atoms with E-state index in [2.05, 4.69) is 11.5 Å². The molecule has 0 aliphatic carbocycles. The minimum absolute atomic E-state index is 0.290. The van der Waals surface area contributed by atoms with Crippen LogP contribution in [0, 0.1) is 0 Å². The molecular formula is C17H25N3O2. The molecule has 2 N–H and O–H groups in total. The van der Waals surface area contributed by atoms with Gasteiger partial charge in [0.25, 0.3) is 0 Å². The normalized spacial score (nSPS) is 14.5. The molecule has 1 aromatic carbocycles. The van der Waals surface area contributed by atoms with E-state index in [4.69, 9.17) is 20.2 Å². The van der Waals surface area contributed by atoms with Gasteiger partial charge in [0.15, 0.2) is 11.5 Å². The molecule has 0 spiro atoms. The Balaban J connectivity index is 2.09. The molecule has 0 fully saturated rings. The molecule has 22 heavy (non-hydrogen) atoms. The van der Waals surface area contributed by atoms with Crippen LogP contribution in [-0.4, -0.2) is 28.3 Å². The third-order valence-corrected chi connectivity index (χ3v) is 3.81. The number of hydrogen-bond donors (Lipinski definition) is 1. The van der Waals surface area contributed by atoms with E-state index in [9.17, 15) is 0 Å². The summed E-state index contributed by atoms with van der Waals surface area (Å²) in [4.78, 5) is 4.81. The molecule has 5 nitrogen and oxygen atoms in total. The molecule has 2 heterocycles. The van der Waals surface area contributed by atoms with Gasteiger partial charge >= 0.3 is 0 Å². The summed E-state index contributed by atoms with van der Waals surface area (Å²) in [6, 6.07) is 4.03. The standard InChI is InChI=1S/C17H25N3O2/c1-4-5-6-16-19-12-9-14-15(22-8-7-21-14)10-13(12)20(16)11-17(2,3)18/h9-10H,4-8,11,18H2,1-3H3. The number of hydrogen-bond acceptors (Lipinski definition) is 4. The van der Waals surface area contributed by atoms with Crippen molar-refractivity contribution in [1.29, 1.82) is 0 Å². The zero-order chi connectivity index (χ0) is 15.7. The minimum atomic E-state index is -0.290. The maximum absolute atomic E-state index is 6.25. The number of fused-ring (bicyclic) bond motifs is 2. The predicted molar refractivity (Wildman–Crippen MR) is 87.6 cm³/mol. The Kier molecular flexibility index (Phi) is 4.00. The summed E-state index contributed by atoms with van der Waals surface area (Å²) in [5.41, 5.74) is 7.99. The summed E-state index contributed by atoms with van der Waals surface area (Å²) in [6.45, 7) is 8.21. The van der Waals surface area contributed by atoms with Gasteiger partial charge in [-0.25, -0.2) is 4.98 Å². The summed E-state index contributed by atoms with van der Waals surface area (Å²) in [5, 5.41) is 0. The van der Waals surface area contributed by atoms with Crippen molar-refractivity contribution >= 4 is 11.0 Å². The topological polar surface area (TPSA) is 62.3 Å². The van der Waals surface area contributed by atoms with E-state index in [0.29, 0.717) is 13.2 Å². The maximum atomic E-state index is 6.25. The van der Waals surface area contributed by atoms with Crippen molar-refractivity contribution in [2.45, 2.75) is 52.1 Å². The summed E-state index contributed by atoms with van der Waals surface area (Å²) in [5.74, 6) is 2.69. The molecule has 120 valence electrons. The molecule has 1 aromatic heterocycles. The first-order chi connectivity index (χ1) is 10.5. The molecule has 3 rings (SSSR count). The number of nitrogens with two attached hydrogens (primary N) is 1.